The Morgan fingerprint density at radius 1 is 1.05 bits per heavy atom. The van der Waals surface area contributed by atoms with Crippen LogP contribution >= 0.6 is 0 Å². The van der Waals surface area contributed by atoms with Gasteiger partial charge < -0.3 is 18.9 Å². The molecule has 1 unspecified atom stereocenters. The Kier molecular flexibility index (Phi) is 8.06. The van der Waals surface area contributed by atoms with Crippen LogP contribution in [0.3, 0.4) is 0 Å². The van der Waals surface area contributed by atoms with Gasteiger partial charge in [0.25, 0.3) is 0 Å². The van der Waals surface area contributed by atoms with Crippen LogP contribution in [0.5, 0.6) is 5.75 Å². The molecule has 1 atom stereocenters. The van der Waals surface area contributed by atoms with Gasteiger partial charge in [0.1, 0.15) is 12.4 Å². The summed E-state index contributed by atoms with van der Waals surface area (Å²) in [5.74, 6) is 0.573. The molecule has 0 spiro atoms. The van der Waals surface area contributed by atoms with E-state index in [9.17, 15) is 13.2 Å². The summed E-state index contributed by atoms with van der Waals surface area (Å²) in [5.41, 5.74) is 4.34. The van der Waals surface area contributed by atoms with Crippen molar-refractivity contribution in [3.05, 3.63) is 82.7 Å². The molecule has 0 saturated heterocycles. The Morgan fingerprint density at radius 3 is 2.49 bits per heavy atom. The number of carbonyl (C=O) groups is 1. The van der Waals surface area contributed by atoms with Crippen molar-refractivity contribution in [2.24, 2.45) is 0 Å². The Hall–Kier alpha value is -3.14. The van der Waals surface area contributed by atoms with Crippen LogP contribution in [0.1, 0.15) is 34.0 Å². The molecule has 0 radical (unpaired) electrons. The molecule has 1 aliphatic rings. The van der Waals surface area contributed by atoms with Gasteiger partial charge >= 0.3 is 0 Å². The maximum absolute atomic E-state index is 13.3. The van der Waals surface area contributed by atoms with Crippen molar-refractivity contribution in [3.8, 4) is 5.75 Å². The molecule has 8 nitrogen and oxygen atoms in total. The number of benzene rings is 2. The molecule has 1 aliphatic heterocycles. The van der Waals surface area contributed by atoms with Crippen molar-refractivity contribution >= 4 is 15.9 Å². The first-order valence-electron chi connectivity index (χ1n) is 12.3. The van der Waals surface area contributed by atoms with E-state index >= 15 is 0 Å². The number of hydrogen-bond donors (Lipinski definition) is 0. The Balaban J connectivity index is 1.39. The maximum atomic E-state index is 13.3. The molecule has 198 valence electrons. The first-order valence-corrected chi connectivity index (χ1v) is 13.8. The summed E-state index contributed by atoms with van der Waals surface area (Å²) in [7, 11) is -0.626. The van der Waals surface area contributed by atoms with Gasteiger partial charge in [-0.15, -0.1) is 0 Å². The number of fused-ring (bicyclic) bond motifs is 1. The minimum absolute atomic E-state index is 0.106. The number of aryl methyl sites for hydroxylation is 1. The van der Waals surface area contributed by atoms with Crippen molar-refractivity contribution in [1.82, 2.24) is 13.8 Å². The van der Waals surface area contributed by atoms with Crippen LogP contribution in [-0.2, 0) is 26.1 Å². The topological polar surface area (TPSA) is 81.1 Å². The Morgan fingerprint density at radius 2 is 1.78 bits per heavy atom. The van der Waals surface area contributed by atoms with E-state index in [1.165, 1.54) is 11.4 Å². The highest BCUT2D eigenvalue weighted by Gasteiger charge is 2.32. The van der Waals surface area contributed by atoms with Gasteiger partial charge in [-0.25, -0.2) is 8.42 Å². The number of likely N-dealkylation sites (N-methyl/N-ethyl adjacent to an activating group) is 1. The Bertz CT molecular complexity index is 1370. The fourth-order valence-electron chi connectivity index (χ4n) is 4.96. The monoisotopic (exact) mass is 525 g/mol. The molecule has 0 bridgehead atoms. The smallest absolute Gasteiger partial charge is 0.249 e. The predicted octanol–water partition coefficient (Wildman–Crippen LogP) is 3.69. The lowest BCUT2D eigenvalue weighted by molar-refractivity contribution is -0.138. The van der Waals surface area contributed by atoms with E-state index in [1.807, 2.05) is 67.4 Å². The second kappa shape index (κ2) is 11.1. The highest BCUT2D eigenvalue weighted by atomic mass is 32.2. The number of hydrogen-bond acceptors (Lipinski definition) is 5. The number of aromatic nitrogens is 1. The van der Waals surface area contributed by atoms with Crippen LogP contribution in [-0.4, -0.2) is 68.6 Å². The summed E-state index contributed by atoms with van der Waals surface area (Å²) in [6, 6.07) is 15.5. The van der Waals surface area contributed by atoms with Gasteiger partial charge in [-0.05, 0) is 61.2 Å². The van der Waals surface area contributed by atoms with E-state index < -0.39 is 10.0 Å². The Labute approximate surface area is 219 Å². The number of amides is 1. The molecule has 2 heterocycles. The number of ether oxygens (including phenoxy) is 2. The quantitative estimate of drug-likeness (QED) is 0.398. The SMILES string of the molecule is COc1c(C)cc(S(=O)(=O)N(C)CCOCC(=O)N2CCn3cccc3C2c2ccccc2)c(C)c1C. The third-order valence-corrected chi connectivity index (χ3v) is 9.10. The van der Waals surface area contributed by atoms with Gasteiger partial charge in [0, 0.05) is 38.6 Å². The van der Waals surface area contributed by atoms with E-state index in [1.54, 1.807) is 20.1 Å². The molecule has 0 saturated carbocycles. The summed E-state index contributed by atoms with van der Waals surface area (Å²) in [5, 5.41) is 0. The van der Waals surface area contributed by atoms with Crippen LogP contribution < -0.4 is 4.74 Å². The fraction of sp³-hybridized carbons (Fsp3) is 0.393. The van der Waals surface area contributed by atoms with E-state index in [2.05, 4.69) is 4.57 Å². The fourth-order valence-corrected chi connectivity index (χ4v) is 6.48. The number of nitrogens with zero attached hydrogens (tertiary/aromatic N) is 3. The maximum Gasteiger partial charge on any atom is 0.249 e. The molecule has 1 aromatic heterocycles. The summed E-state index contributed by atoms with van der Waals surface area (Å²) < 4.78 is 41.1. The summed E-state index contributed by atoms with van der Waals surface area (Å²) >= 11 is 0. The van der Waals surface area contributed by atoms with Crippen LogP contribution in [0, 0.1) is 20.8 Å². The number of carbonyl (C=O) groups excluding carboxylic acids is 1. The lowest BCUT2D eigenvalue weighted by atomic mass is 10.00. The number of methoxy groups -OCH3 is 1. The van der Waals surface area contributed by atoms with E-state index in [0.717, 1.165) is 28.9 Å². The summed E-state index contributed by atoms with van der Waals surface area (Å²) in [6.07, 6.45) is 2.04. The highest BCUT2D eigenvalue weighted by Crippen LogP contribution is 2.33. The summed E-state index contributed by atoms with van der Waals surface area (Å²) in [4.78, 5) is 15.3. The predicted molar refractivity (Wildman–Crippen MR) is 142 cm³/mol. The average Bonchev–Trinajstić information content (AvgIpc) is 3.37. The largest absolute Gasteiger partial charge is 0.496 e. The lowest BCUT2D eigenvalue weighted by Gasteiger charge is -2.37. The first-order chi connectivity index (χ1) is 17.7. The van der Waals surface area contributed by atoms with E-state index in [-0.39, 0.29) is 36.6 Å². The van der Waals surface area contributed by atoms with Crippen LogP contribution in [0.2, 0.25) is 0 Å². The molecule has 0 fully saturated rings. The molecule has 1 amide bonds. The molecule has 0 N–H and O–H groups in total. The minimum atomic E-state index is -3.73. The standard InChI is InChI=1S/C28H35N3O5S/c1-20-18-25(21(2)22(3)28(20)35-5)37(33,34)29(4)16-17-36-19-26(32)31-15-14-30-13-9-12-24(30)27(31)23-10-7-6-8-11-23/h6-13,18,27H,14-17,19H2,1-5H3. The van der Waals surface area contributed by atoms with Crippen LogP contribution in [0.25, 0.3) is 0 Å². The molecule has 4 rings (SSSR count). The van der Waals surface area contributed by atoms with Gasteiger partial charge in [0.15, 0.2) is 0 Å². The van der Waals surface area contributed by atoms with Gasteiger partial charge in [-0.2, -0.15) is 4.31 Å². The van der Waals surface area contributed by atoms with E-state index in [4.69, 9.17) is 9.47 Å². The van der Waals surface area contributed by atoms with Gasteiger partial charge in [0.05, 0.1) is 24.7 Å². The van der Waals surface area contributed by atoms with Crippen molar-refractivity contribution in [3.63, 3.8) is 0 Å². The van der Waals surface area contributed by atoms with Gasteiger partial charge in [-0.1, -0.05) is 30.3 Å². The molecular formula is C28H35N3O5S. The minimum Gasteiger partial charge on any atom is -0.496 e. The van der Waals surface area contributed by atoms with Gasteiger partial charge in [0.2, 0.25) is 15.9 Å². The third-order valence-electron chi connectivity index (χ3n) is 7.12. The number of sulfonamides is 1. The third kappa shape index (κ3) is 5.30. The lowest BCUT2D eigenvalue weighted by Crippen LogP contribution is -2.44. The zero-order chi connectivity index (χ0) is 26.7. The highest BCUT2D eigenvalue weighted by molar-refractivity contribution is 7.89. The molecular weight excluding hydrogens is 490 g/mol. The van der Waals surface area contributed by atoms with Crippen molar-refractivity contribution in [1.29, 1.82) is 0 Å². The van der Waals surface area contributed by atoms with E-state index in [0.29, 0.717) is 17.9 Å². The van der Waals surface area contributed by atoms with Gasteiger partial charge in [-0.3, -0.25) is 4.79 Å². The van der Waals surface area contributed by atoms with Crippen molar-refractivity contribution < 1.29 is 22.7 Å². The molecule has 0 aliphatic carbocycles. The second-order valence-electron chi connectivity index (χ2n) is 9.38. The number of rotatable bonds is 9. The van der Waals surface area contributed by atoms with Crippen LogP contribution in [0.15, 0.2) is 59.6 Å². The zero-order valence-corrected chi connectivity index (χ0v) is 22.9. The summed E-state index contributed by atoms with van der Waals surface area (Å²) in [6.45, 7) is 6.89. The molecule has 3 aromatic rings. The first kappa shape index (κ1) is 26.9. The molecule has 2 aromatic carbocycles. The van der Waals surface area contributed by atoms with Crippen molar-refractivity contribution in [2.75, 3.05) is 40.5 Å². The molecule has 9 heteroatoms. The van der Waals surface area contributed by atoms with Crippen LogP contribution in [0.4, 0.5) is 0 Å². The average molecular weight is 526 g/mol. The normalized spacial score (nSPS) is 15.6. The zero-order valence-electron chi connectivity index (χ0n) is 22.1. The van der Waals surface area contributed by atoms with Crippen molar-refractivity contribution in [2.45, 2.75) is 38.3 Å². The second-order valence-corrected chi connectivity index (χ2v) is 11.4. The molecule has 37 heavy (non-hydrogen) atoms.